The van der Waals surface area contributed by atoms with E-state index in [9.17, 15) is 4.79 Å². The van der Waals surface area contributed by atoms with E-state index in [4.69, 9.17) is 5.73 Å². The molecule has 0 radical (unpaired) electrons. The summed E-state index contributed by atoms with van der Waals surface area (Å²) >= 11 is 0. The standard InChI is InChI=1S/C15H21N3O/c1-9-5-11(9)8-18(2)14-6-10-3-4-15(19)17-13(10)7-12(14)16/h6-7,9,11H,3-5,8,16H2,1-2H3,(H,17,19). The maximum absolute atomic E-state index is 11.4. The van der Waals surface area contributed by atoms with Crippen molar-refractivity contribution < 1.29 is 4.79 Å². The van der Waals surface area contributed by atoms with E-state index in [-0.39, 0.29) is 5.91 Å². The van der Waals surface area contributed by atoms with Gasteiger partial charge in [0, 0.05) is 25.7 Å². The molecule has 1 aromatic rings. The Labute approximate surface area is 114 Å². The molecule has 1 aliphatic heterocycles. The van der Waals surface area contributed by atoms with E-state index >= 15 is 0 Å². The second kappa shape index (κ2) is 4.44. The van der Waals surface area contributed by atoms with Crippen molar-refractivity contribution in [2.45, 2.75) is 26.2 Å². The fourth-order valence-corrected chi connectivity index (χ4v) is 2.87. The number of nitrogen functional groups attached to an aromatic ring is 1. The molecule has 4 heteroatoms. The van der Waals surface area contributed by atoms with Crippen LogP contribution in [0.4, 0.5) is 17.1 Å². The normalized spacial score (nSPS) is 24.6. The number of amides is 1. The summed E-state index contributed by atoms with van der Waals surface area (Å²) in [6.07, 6.45) is 2.70. The van der Waals surface area contributed by atoms with Gasteiger partial charge in [-0.05, 0) is 42.4 Å². The van der Waals surface area contributed by atoms with Crippen LogP contribution < -0.4 is 16.0 Å². The molecule has 1 heterocycles. The van der Waals surface area contributed by atoms with Crippen LogP contribution in [0, 0.1) is 11.8 Å². The lowest BCUT2D eigenvalue weighted by molar-refractivity contribution is -0.116. The van der Waals surface area contributed by atoms with Gasteiger partial charge in [0.2, 0.25) is 5.91 Å². The number of carbonyl (C=O) groups is 1. The summed E-state index contributed by atoms with van der Waals surface area (Å²) in [5.74, 6) is 1.74. The van der Waals surface area contributed by atoms with Crippen molar-refractivity contribution in [1.82, 2.24) is 0 Å². The average Bonchev–Trinajstić information content (AvgIpc) is 3.03. The Balaban J connectivity index is 1.83. The maximum Gasteiger partial charge on any atom is 0.224 e. The van der Waals surface area contributed by atoms with Crippen LogP contribution in [-0.4, -0.2) is 19.5 Å². The number of nitrogens with two attached hydrogens (primary N) is 1. The Bertz CT molecular complexity index is 526. The van der Waals surface area contributed by atoms with Gasteiger partial charge in [-0.15, -0.1) is 0 Å². The number of nitrogens with zero attached hydrogens (tertiary/aromatic N) is 1. The summed E-state index contributed by atoms with van der Waals surface area (Å²) in [5.41, 5.74) is 10.0. The van der Waals surface area contributed by atoms with Gasteiger partial charge in [-0.1, -0.05) is 6.92 Å². The van der Waals surface area contributed by atoms with Crippen molar-refractivity contribution in [2.24, 2.45) is 11.8 Å². The van der Waals surface area contributed by atoms with Crippen LogP contribution in [-0.2, 0) is 11.2 Å². The molecule has 102 valence electrons. The number of aryl methyl sites for hydroxylation is 1. The molecule has 4 nitrogen and oxygen atoms in total. The molecule has 2 unspecified atom stereocenters. The van der Waals surface area contributed by atoms with E-state index in [1.165, 1.54) is 12.0 Å². The predicted octanol–water partition coefficient (Wildman–Crippen LogP) is 2.25. The van der Waals surface area contributed by atoms with Gasteiger partial charge in [-0.25, -0.2) is 0 Å². The number of carbonyl (C=O) groups excluding carboxylic acids is 1. The predicted molar refractivity (Wildman–Crippen MR) is 78.3 cm³/mol. The van der Waals surface area contributed by atoms with Crippen molar-refractivity contribution in [2.75, 3.05) is 29.5 Å². The summed E-state index contributed by atoms with van der Waals surface area (Å²) in [7, 11) is 2.10. The van der Waals surface area contributed by atoms with Crippen LogP contribution in [0.1, 0.15) is 25.3 Å². The van der Waals surface area contributed by atoms with Crippen LogP contribution in [0.15, 0.2) is 12.1 Å². The number of hydrogen-bond donors (Lipinski definition) is 2. The molecule has 3 rings (SSSR count). The number of benzene rings is 1. The molecule has 0 spiro atoms. The second-order valence-electron chi connectivity index (χ2n) is 5.97. The van der Waals surface area contributed by atoms with Crippen molar-refractivity contribution in [3.8, 4) is 0 Å². The van der Waals surface area contributed by atoms with Gasteiger partial charge < -0.3 is 16.0 Å². The first-order valence-electron chi connectivity index (χ1n) is 6.98. The molecular formula is C15H21N3O. The fraction of sp³-hybridized carbons (Fsp3) is 0.533. The highest BCUT2D eigenvalue weighted by molar-refractivity contribution is 5.95. The minimum atomic E-state index is 0.0832. The first-order chi connectivity index (χ1) is 9.04. The third kappa shape index (κ3) is 2.39. The Hall–Kier alpha value is -1.71. The molecule has 0 saturated heterocycles. The zero-order chi connectivity index (χ0) is 13.6. The van der Waals surface area contributed by atoms with Gasteiger partial charge in [0.1, 0.15) is 0 Å². The van der Waals surface area contributed by atoms with Crippen LogP contribution in [0.5, 0.6) is 0 Å². The zero-order valence-corrected chi connectivity index (χ0v) is 11.6. The topological polar surface area (TPSA) is 58.4 Å². The fourth-order valence-electron chi connectivity index (χ4n) is 2.87. The lowest BCUT2D eigenvalue weighted by Gasteiger charge is -2.25. The van der Waals surface area contributed by atoms with Crippen molar-refractivity contribution in [3.05, 3.63) is 17.7 Å². The van der Waals surface area contributed by atoms with E-state index < -0.39 is 0 Å². The van der Waals surface area contributed by atoms with Gasteiger partial charge in [-0.3, -0.25) is 4.79 Å². The van der Waals surface area contributed by atoms with Crippen molar-refractivity contribution in [1.29, 1.82) is 0 Å². The molecule has 0 aromatic heterocycles. The monoisotopic (exact) mass is 259 g/mol. The maximum atomic E-state index is 11.4. The van der Waals surface area contributed by atoms with Crippen LogP contribution >= 0.6 is 0 Å². The Morgan fingerprint density at radius 1 is 1.42 bits per heavy atom. The van der Waals surface area contributed by atoms with Crippen molar-refractivity contribution in [3.63, 3.8) is 0 Å². The van der Waals surface area contributed by atoms with Gasteiger partial charge in [-0.2, -0.15) is 0 Å². The molecule has 1 aliphatic carbocycles. The third-order valence-corrected chi connectivity index (χ3v) is 4.34. The number of rotatable bonds is 3. The van der Waals surface area contributed by atoms with Crippen LogP contribution in [0.2, 0.25) is 0 Å². The Morgan fingerprint density at radius 3 is 2.84 bits per heavy atom. The molecule has 1 fully saturated rings. The summed E-state index contributed by atoms with van der Waals surface area (Å²) in [6.45, 7) is 3.36. The van der Waals surface area contributed by atoms with E-state index in [2.05, 4.69) is 30.3 Å². The van der Waals surface area contributed by atoms with E-state index in [1.807, 2.05) is 6.07 Å². The minimum absolute atomic E-state index is 0.0832. The number of anilines is 3. The Kier molecular flexibility index (Phi) is 2.88. The minimum Gasteiger partial charge on any atom is -0.397 e. The number of fused-ring (bicyclic) bond motifs is 1. The number of nitrogens with one attached hydrogen (secondary N) is 1. The van der Waals surface area contributed by atoms with Gasteiger partial charge in [0.15, 0.2) is 0 Å². The SMILES string of the molecule is CC1CC1CN(C)c1cc2c(cc1N)NC(=O)CC2. The number of hydrogen-bond acceptors (Lipinski definition) is 3. The van der Waals surface area contributed by atoms with E-state index in [0.717, 1.165) is 41.9 Å². The van der Waals surface area contributed by atoms with Gasteiger partial charge in [0.05, 0.1) is 11.4 Å². The molecule has 2 atom stereocenters. The smallest absolute Gasteiger partial charge is 0.224 e. The third-order valence-electron chi connectivity index (χ3n) is 4.34. The highest BCUT2D eigenvalue weighted by Crippen LogP contribution is 2.40. The van der Waals surface area contributed by atoms with E-state index in [0.29, 0.717) is 6.42 Å². The largest absolute Gasteiger partial charge is 0.397 e. The van der Waals surface area contributed by atoms with Crippen molar-refractivity contribution >= 4 is 23.0 Å². The van der Waals surface area contributed by atoms with Crippen LogP contribution in [0.3, 0.4) is 0 Å². The molecule has 1 saturated carbocycles. The lowest BCUT2D eigenvalue weighted by Crippen LogP contribution is -2.24. The van der Waals surface area contributed by atoms with E-state index in [1.54, 1.807) is 0 Å². The second-order valence-corrected chi connectivity index (χ2v) is 5.97. The molecule has 0 bridgehead atoms. The van der Waals surface area contributed by atoms with Gasteiger partial charge in [0.25, 0.3) is 0 Å². The molecule has 2 aliphatic rings. The molecule has 1 amide bonds. The van der Waals surface area contributed by atoms with Gasteiger partial charge >= 0.3 is 0 Å². The highest BCUT2D eigenvalue weighted by atomic mass is 16.1. The molecule has 1 aromatic carbocycles. The first kappa shape index (κ1) is 12.3. The molecule has 3 N–H and O–H groups in total. The summed E-state index contributed by atoms with van der Waals surface area (Å²) < 4.78 is 0. The summed E-state index contributed by atoms with van der Waals surface area (Å²) in [5, 5.41) is 2.89. The first-order valence-corrected chi connectivity index (χ1v) is 6.98. The highest BCUT2D eigenvalue weighted by Gasteiger charge is 2.33. The zero-order valence-electron chi connectivity index (χ0n) is 11.6. The summed E-state index contributed by atoms with van der Waals surface area (Å²) in [4.78, 5) is 13.6. The molecule has 19 heavy (non-hydrogen) atoms. The van der Waals surface area contributed by atoms with Crippen LogP contribution in [0.25, 0.3) is 0 Å². The lowest BCUT2D eigenvalue weighted by atomic mass is 10.0. The quantitative estimate of drug-likeness (QED) is 0.818. The Morgan fingerprint density at radius 2 is 2.16 bits per heavy atom. The molecular weight excluding hydrogens is 238 g/mol. The average molecular weight is 259 g/mol. The summed E-state index contributed by atoms with van der Waals surface area (Å²) in [6, 6.07) is 4.03.